The molecule has 0 atom stereocenters. The third-order valence-electron chi connectivity index (χ3n) is 3.47. The van der Waals surface area contributed by atoms with Crippen LogP contribution in [0.15, 0.2) is 59.9 Å². The fraction of sp³-hybridized carbons (Fsp3) is 0.125. The van der Waals surface area contributed by atoms with Gasteiger partial charge in [-0.1, -0.05) is 18.2 Å². The van der Waals surface area contributed by atoms with Gasteiger partial charge in [0.15, 0.2) is 0 Å². The second-order valence-corrected chi connectivity index (χ2v) is 4.86. The van der Waals surface area contributed by atoms with E-state index in [-0.39, 0.29) is 18.0 Å². The third-order valence-corrected chi connectivity index (χ3v) is 3.47. The normalized spacial score (nSPS) is 10.6. The minimum atomic E-state index is -0.270. The lowest BCUT2D eigenvalue weighted by Crippen LogP contribution is -2.33. The van der Waals surface area contributed by atoms with Crippen LogP contribution in [0.5, 0.6) is 0 Å². The highest BCUT2D eigenvalue weighted by Gasteiger charge is 2.13. The molecule has 0 saturated carbocycles. The molecule has 0 radical (unpaired) electrons. The van der Waals surface area contributed by atoms with Crippen LogP contribution in [0.2, 0.25) is 0 Å². The Bertz CT molecular complexity index is 874. The van der Waals surface area contributed by atoms with Crippen LogP contribution < -0.4 is 10.5 Å². The molecule has 2 aromatic heterocycles. The first-order valence-corrected chi connectivity index (χ1v) is 6.77. The first kappa shape index (κ1) is 13.9. The minimum absolute atomic E-state index is 0.0327. The van der Waals surface area contributed by atoms with Crippen LogP contribution in [0.4, 0.5) is 5.69 Å². The number of hydrogen-bond acceptors (Lipinski definition) is 4. The fourth-order valence-electron chi connectivity index (χ4n) is 2.19. The summed E-state index contributed by atoms with van der Waals surface area (Å²) in [4.78, 5) is 34.1. The van der Waals surface area contributed by atoms with Gasteiger partial charge in [0.1, 0.15) is 12.9 Å². The van der Waals surface area contributed by atoms with Crippen molar-refractivity contribution in [2.75, 3.05) is 11.9 Å². The topological polar surface area (TPSA) is 68.1 Å². The van der Waals surface area contributed by atoms with E-state index in [0.29, 0.717) is 10.9 Å². The van der Waals surface area contributed by atoms with E-state index in [1.807, 2.05) is 30.3 Å². The van der Waals surface area contributed by atoms with Gasteiger partial charge in [0.25, 0.3) is 5.56 Å². The lowest BCUT2D eigenvalue weighted by atomic mass is 10.3. The molecular weight excluding hydrogens is 280 g/mol. The highest BCUT2D eigenvalue weighted by molar-refractivity contribution is 5.92. The average Bonchev–Trinajstić information content (AvgIpc) is 2.57. The molecule has 0 fully saturated rings. The Hall–Kier alpha value is -3.02. The van der Waals surface area contributed by atoms with Gasteiger partial charge >= 0.3 is 0 Å². The van der Waals surface area contributed by atoms with E-state index in [0.717, 1.165) is 5.69 Å². The van der Waals surface area contributed by atoms with Crippen LogP contribution in [0.25, 0.3) is 10.9 Å². The Labute approximate surface area is 126 Å². The molecule has 0 unspecified atom stereocenters. The number of rotatable bonds is 3. The number of carbonyl (C=O) groups excluding carboxylic acids is 1. The standard InChI is InChI=1S/C16H14N4O2/c1-19(12-5-3-2-4-6-12)15(21)10-20-8-7-14-13(16(20)22)9-17-11-18-14/h2-9,11H,10H2,1H3. The molecule has 3 rings (SSSR count). The maximum atomic E-state index is 12.3. The van der Waals surface area contributed by atoms with E-state index in [4.69, 9.17) is 0 Å². The molecule has 0 spiro atoms. The Kier molecular flexibility index (Phi) is 3.65. The van der Waals surface area contributed by atoms with Crippen LogP contribution in [0.1, 0.15) is 0 Å². The van der Waals surface area contributed by atoms with Gasteiger partial charge in [0, 0.05) is 25.1 Å². The summed E-state index contributed by atoms with van der Waals surface area (Å²) in [6, 6.07) is 11.0. The summed E-state index contributed by atoms with van der Waals surface area (Å²) in [5.41, 5.74) is 1.08. The van der Waals surface area contributed by atoms with E-state index >= 15 is 0 Å². The van der Waals surface area contributed by atoms with Crippen LogP contribution in [-0.4, -0.2) is 27.5 Å². The molecular formula is C16H14N4O2. The Morgan fingerprint density at radius 3 is 2.77 bits per heavy atom. The van der Waals surface area contributed by atoms with Crippen molar-refractivity contribution in [3.63, 3.8) is 0 Å². The van der Waals surface area contributed by atoms with E-state index < -0.39 is 0 Å². The summed E-state index contributed by atoms with van der Waals surface area (Å²) in [7, 11) is 1.69. The summed E-state index contributed by atoms with van der Waals surface area (Å²) in [5.74, 6) is -0.176. The van der Waals surface area contributed by atoms with Gasteiger partial charge < -0.3 is 9.47 Å². The number of amides is 1. The monoisotopic (exact) mass is 294 g/mol. The summed E-state index contributed by atoms with van der Waals surface area (Å²) in [6.45, 7) is -0.0327. The van der Waals surface area contributed by atoms with Gasteiger partial charge in [0.2, 0.25) is 5.91 Å². The van der Waals surface area contributed by atoms with Gasteiger partial charge in [-0.25, -0.2) is 9.97 Å². The molecule has 0 aliphatic rings. The number of aromatic nitrogens is 3. The molecule has 2 heterocycles. The van der Waals surface area contributed by atoms with Crippen molar-refractivity contribution in [3.05, 3.63) is 65.5 Å². The van der Waals surface area contributed by atoms with E-state index in [1.165, 1.54) is 22.0 Å². The molecule has 6 heteroatoms. The SMILES string of the molecule is CN(C(=O)Cn1ccc2ncncc2c1=O)c1ccccc1. The summed E-state index contributed by atoms with van der Waals surface area (Å²) < 4.78 is 1.37. The van der Waals surface area contributed by atoms with Crippen molar-refractivity contribution in [1.29, 1.82) is 0 Å². The Morgan fingerprint density at radius 1 is 1.23 bits per heavy atom. The maximum absolute atomic E-state index is 12.3. The van der Waals surface area contributed by atoms with Crippen molar-refractivity contribution < 1.29 is 4.79 Å². The molecule has 6 nitrogen and oxygen atoms in total. The number of likely N-dealkylation sites (N-methyl/N-ethyl adjacent to an activating group) is 1. The predicted octanol–water partition coefficient (Wildman–Crippen LogP) is 1.45. The number of carbonyl (C=O) groups is 1. The summed E-state index contributed by atoms with van der Waals surface area (Å²) >= 11 is 0. The third kappa shape index (κ3) is 2.58. The molecule has 1 aromatic carbocycles. The van der Waals surface area contributed by atoms with Crippen molar-refractivity contribution in [3.8, 4) is 0 Å². The molecule has 22 heavy (non-hydrogen) atoms. The smallest absolute Gasteiger partial charge is 0.262 e. The van der Waals surface area contributed by atoms with Gasteiger partial charge in [-0.05, 0) is 18.2 Å². The van der Waals surface area contributed by atoms with E-state index in [9.17, 15) is 9.59 Å². The molecule has 110 valence electrons. The number of hydrogen-bond donors (Lipinski definition) is 0. The van der Waals surface area contributed by atoms with Crippen LogP contribution in [-0.2, 0) is 11.3 Å². The number of fused-ring (bicyclic) bond motifs is 1. The number of para-hydroxylation sites is 1. The minimum Gasteiger partial charge on any atom is -0.314 e. The van der Waals surface area contributed by atoms with Crippen molar-refractivity contribution >= 4 is 22.5 Å². The maximum Gasteiger partial charge on any atom is 0.262 e. The van der Waals surface area contributed by atoms with Crippen molar-refractivity contribution in [1.82, 2.24) is 14.5 Å². The molecule has 0 aliphatic carbocycles. The molecule has 0 aliphatic heterocycles. The van der Waals surface area contributed by atoms with Gasteiger partial charge in [0.05, 0.1) is 10.9 Å². The van der Waals surface area contributed by atoms with E-state index in [1.54, 1.807) is 19.3 Å². The second-order valence-electron chi connectivity index (χ2n) is 4.86. The largest absolute Gasteiger partial charge is 0.314 e. The van der Waals surface area contributed by atoms with Crippen LogP contribution in [0.3, 0.4) is 0 Å². The predicted molar refractivity (Wildman–Crippen MR) is 83.7 cm³/mol. The molecule has 0 bridgehead atoms. The second kappa shape index (κ2) is 5.77. The fourth-order valence-corrected chi connectivity index (χ4v) is 2.19. The number of benzene rings is 1. The number of anilines is 1. The highest BCUT2D eigenvalue weighted by Crippen LogP contribution is 2.11. The first-order valence-electron chi connectivity index (χ1n) is 6.77. The molecule has 1 amide bonds. The van der Waals surface area contributed by atoms with Crippen molar-refractivity contribution in [2.24, 2.45) is 0 Å². The average molecular weight is 294 g/mol. The van der Waals surface area contributed by atoms with Crippen molar-refractivity contribution in [2.45, 2.75) is 6.54 Å². The van der Waals surface area contributed by atoms with Gasteiger partial charge in [-0.3, -0.25) is 9.59 Å². The quantitative estimate of drug-likeness (QED) is 0.733. The molecule has 0 N–H and O–H groups in total. The van der Waals surface area contributed by atoms with E-state index in [2.05, 4.69) is 9.97 Å². The van der Waals surface area contributed by atoms with Crippen LogP contribution >= 0.6 is 0 Å². The number of pyridine rings is 1. The summed E-state index contributed by atoms with van der Waals surface area (Å²) in [5, 5.41) is 0.403. The molecule has 3 aromatic rings. The zero-order chi connectivity index (χ0) is 15.5. The Balaban J connectivity index is 1.89. The Morgan fingerprint density at radius 2 is 2.00 bits per heavy atom. The zero-order valence-corrected chi connectivity index (χ0v) is 12.0. The van der Waals surface area contributed by atoms with Gasteiger partial charge in [-0.15, -0.1) is 0 Å². The number of nitrogens with zero attached hydrogens (tertiary/aromatic N) is 4. The van der Waals surface area contributed by atoms with Gasteiger partial charge in [-0.2, -0.15) is 0 Å². The summed E-state index contributed by atoms with van der Waals surface area (Å²) in [6.07, 6.45) is 4.43. The first-order chi connectivity index (χ1) is 10.7. The molecule has 0 saturated heterocycles. The lowest BCUT2D eigenvalue weighted by molar-refractivity contribution is -0.118. The van der Waals surface area contributed by atoms with Crippen LogP contribution in [0, 0.1) is 0 Å². The highest BCUT2D eigenvalue weighted by atomic mass is 16.2. The lowest BCUT2D eigenvalue weighted by Gasteiger charge is -2.18. The zero-order valence-electron chi connectivity index (χ0n) is 12.0.